The van der Waals surface area contributed by atoms with Gasteiger partial charge in [-0.3, -0.25) is 0 Å². The second kappa shape index (κ2) is 9.63. The van der Waals surface area contributed by atoms with E-state index in [-0.39, 0.29) is 5.82 Å². The van der Waals surface area contributed by atoms with Crippen LogP contribution in [-0.2, 0) is 6.54 Å². The third-order valence-corrected chi connectivity index (χ3v) is 6.19. The molecule has 2 heterocycles. The summed E-state index contributed by atoms with van der Waals surface area (Å²) in [7, 11) is 0. The van der Waals surface area contributed by atoms with E-state index in [1.807, 2.05) is 60.7 Å². The topological polar surface area (TPSA) is 44.3 Å². The summed E-state index contributed by atoms with van der Waals surface area (Å²) >= 11 is 6.02. The molecule has 0 saturated carbocycles. The van der Waals surface area contributed by atoms with Crippen LogP contribution in [0.5, 0.6) is 0 Å². The van der Waals surface area contributed by atoms with E-state index in [9.17, 15) is 4.39 Å². The number of aromatic nitrogens is 2. The van der Waals surface area contributed by atoms with Gasteiger partial charge in [-0.05, 0) is 60.5 Å². The largest absolute Gasteiger partial charge is 0.370 e. The summed E-state index contributed by atoms with van der Waals surface area (Å²) < 4.78 is 13.3. The number of fused-ring (bicyclic) bond motifs is 1. The second-order valence-electron chi connectivity index (χ2n) is 8.17. The van der Waals surface area contributed by atoms with Crippen molar-refractivity contribution < 1.29 is 4.39 Å². The van der Waals surface area contributed by atoms with Gasteiger partial charge in [0.05, 0.1) is 5.52 Å². The van der Waals surface area contributed by atoms with Crippen molar-refractivity contribution >= 4 is 40.0 Å². The zero-order valence-electron chi connectivity index (χ0n) is 18.2. The highest BCUT2D eigenvalue weighted by Gasteiger charge is 2.19. The van der Waals surface area contributed by atoms with Crippen LogP contribution in [0, 0.1) is 5.82 Å². The minimum atomic E-state index is -0.210. The SMILES string of the molecule is Fc1ccc(N2CCCN(c3nc(NCc4ccc(Cl)cc4)c4ccccc4n3)CC2)cc1. The number of nitrogens with zero attached hydrogens (tertiary/aromatic N) is 4. The molecular formula is C26H25ClFN5. The summed E-state index contributed by atoms with van der Waals surface area (Å²) in [6.07, 6.45) is 0.973. The number of benzene rings is 3. The van der Waals surface area contributed by atoms with Crippen LogP contribution in [0.4, 0.5) is 21.8 Å². The molecule has 0 radical (unpaired) electrons. The van der Waals surface area contributed by atoms with Crippen molar-refractivity contribution in [2.24, 2.45) is 0 Å². The molecule has 168 valence electrons. The molecule has 0 aliphatic carbocycles. The van der Waals surface area contributed by atoms with E-state index in [1.165, 1.54) is 12.1 Å². The number of nitrogens with one attached hydrogen (secondary N) is 1. The maximum absolute atomic E-state index is 13.3. The van der Waals surface area contributed by atoms with Gasteiger partial charge in [-0.25, -0.2) is 9.37 Å². The maximum atomic E-state index is 13.3. The van der Waals surface area contributed by atoms with E-state index in [4.69, 9.17) is 21.6 Å². The van der Waals surface area contributed by atoms with E-state index in [0.717, 1.165) is 71.5 Å². The summed E-state index contributed by atoms with van der Waals surface area (Å²) in [6.45, 7) is 4.06. The summed E-state index contributed by atoms with van der Waals surface area (Å²) in [5, 5.41) is 5.22. The van der Waals surface area contributed by atoms with Crippen LogP contribution in [0.2, 0.25) is 5.02 Å². The number of anilines is 3. The van der Waals surface area contributed by atoms with Gasteiger partial charge in [0, 0.05) is 48.8 Å². The van der Waals surface area contributed by atoms with Gasteiger partial charge in [-0.2, -0.15) is 4.98 Å². The van der Waals surface area contributed by atoms with Crippen molar-refractivity contribution in [2.75, 3.05) is 41.3 Å². The third kappa shape index (κ3) is 5.01. The van der Waals surface area contributed by atoms with Gasteiger partial charge in [0.15, 0.2) is 0 Å². The Balaban J connectivity index is 1.37. The molecule has 7 heteroatoms. The van der Waals surface area contributed by atoms with Gasteiger partial charge < -0.3 is 15.1 Å². The number of para-hydroxylation sites is 1. The minimum absolute atomic E-state index is 0.210. The lowest BCUT2D eigenvalue weighted by atomic mass is 10.2. The Kier molecular flexibility index (Phi) is 6.26. The molecule has 33 heavy (non-hydrogen) atoms. The van der Waals surface area contributed by atoms with Crippen LogP contribution >= 0.6 is 11.6 Å². The first-order valence-corrected chi connectivity index (χ1v) is 11.5. The van der Waals surface area contributed by atoms with E-state index in [2.05, 4.69) is 15.1 Å². The molecule has 1 aliphatic heterocycles. The molecule has 5 rings (SSSR count). The highest BCUT2D eigenvalue weighted by atomic mass is 35.5. The quantitative estimate of drug-likeness (QED) is 0.410. The third-order valence-electron chi connectivity index (χ3n) is 5.94. The molecule has 0 spiro atoms. The van der Waals surface area contributed by atoms with Crippen LogP contribution in [0.15, 0.2) is 72.8 Å². The van der Waals surface area contributed by atoms with Crippen molar-refractivity contribution in [3.63, 3.8) is 0 Å². The van der Waals surface area contributed by atoms with Crippen molar-refractivity contribution in [3.8, 4) is 0 Å². The number of rotatable bonds is 5. The number of hydrogen-bond donors (Lipinski definition) is 1. The predicted molar refractivity (Wildman–Crippen MR) is 134 cm³/mol. The van der Waals surface area contributed by atoms with Crippen LogP contribution in [-0.4, -0.2) is 36.1 Å². The van der Waals surface area contributed by atoms with Crippen molar-refractivity contribution in [2.45, 2.75) is 13.0 Å². The fraction of sp³-hybridized carbons (Fsp3) is 0.231. The molecule has 5 nitrogen and oxygen atoms in total. The Morgan fingerprint density at radius 1 is 0.818 bits per heavy atom. The van der Waals surface area contributed by atoms with Gasteiger partial charge in [-0.1, -0.05) is 35.9 Å². The standard InChI is InChI=1S/C26H25ClFN5/c27-20-8-6-19(7-9-20)18-29-25-23-4-1-2-5-24(23)30-26(31-25)33-15-3-14-32(16-17-33)22-12-10-21(28)11-13-22/h1-2,4-13H,3,14-18H2,(H,29,30,31). The highest BCUT2D eigenvalue weighted by Crippen LogP contribution is 2.25. The van der Waals surface area contributed by atoms with Gasteiger partial charge in [0.25, 0.3) is 0 Å². The molecule has 0 amide bonds. The van der Waals surface area contributed by atoms with Gasteiger partial charge in [0.1, 0.15) is 11.6 Å². The summed E-state index contributed by atoms with van der Waals surface area (Å²) in [4.78, 5) is 14.3. The van der Waals surface area contributed by atoms with Crippen molar-refractivity contribution in [1.29, 1.82) is 0 Å². The minimum Gasteiger partial charge on any atom is -0.370 e. The number of halogens is 2. The zero-order chi connectivity index (χ0) is 22.6. The maximum Gasteiger partial charge on any atom is 0.227 e. The van der Waals surface area contributed by atoms with Crippen molar-refractivity contribution in [3.05, 3.63) is 89.2 Å². The lowest BCUT2D eigenvalue weighted by Crippen LogP contribution is -2.31. The smallest absolute Gasteiger partial charge is 0.227 e. The summed E-state index contributed by atoms with van der Waals surface area (Å²) in [6, 6.07) is 22.6. The molecule has 1 aromatic heterocycles. The fourth-order valence-corrected chi connectivity index (χ4v) is 4.28. The molecule has 0 unspecified atom stereocenters. The molecule has 0 bridgehead atoms. The molecule has 1 N–H and O–H groups in total. The Bertz CT molecular complexity index is 1230. The van der Waals surface area contributed by atoms with Crippen LogP contribution < -0.4 is 15.1 Å². The first-order valence-electron chi connectivity index (χ1n) is 11.2. The van der Waals surface area contributed by atoms with Gasteiger partial charge in [-0.15, -0.1) is 0 Å². The summed E-state index contributed by atoms with van der Waals surface area (Å²) in [5.74, 6) is 1.34. The molecular weight excluding hydrogens is 437 g/mol. The molecule has 3 aromatic carbocycles. The lowest BCUT2D eigenvalue weighted by Gasteiger charge is -2.24. The average molecular weight is 462 g/mol. The van der Waals surface area contributed by atoms with E-state index in [1.54, 1.807) is 0 Å². The van der Waals surface area contributed by atoms with E-state index >= 15 is 0 Å². The van der Waals surface area contributed by atoms with Crippen LogP contribution in [0.1, 0.15) is 12.0 Å². The Hall–Kier alpha value is -3.38. The summed E-state index contributed by atoms with van der Waals surface area (Å²) in [5.41, 5.74) is 3.09. The predicted octanol–water partition coefficient (Wildman–Crippen LogP) is 5.75. The Morgan fingerprint density at radius 2 is 1.55 bits per heavy atom. The molecule has 0 atom stereocenters. The van der Waals surface area contributed by atoms with Crippen LogP contribution in [0.3, 0.4) is 0 Å². The normalized spacial score (nSPS) is 14.4. The first-order chi connectivity index (χ1) is 16.2. The fourth-order valence-electron chi connectivity index (χ4n) is 4.16. The molecule has 4 aromatic rings. The molecule has 1 saturated heterocycles. The Labute approximate surface area is 197 Å². The van der Waals surface area contributed by atoms with Gasteiger partial charge >= 0.3 is 0 Å². The second-order valence-corrected chi connectivity index (χ2v) is 8.61. The van der Waals surface area contributed by atoms with E-state index in [0.29, 0.717) is 6.54 Å². The first kappa shape index (κ1) is 21.5. The van der Waals surface area contributed by atoms with Crippen molar-refractivity contribution in [1.82, 2.24) is 9.97 Å². The van der Waals surface area contributed by atoms with Crippen LogP contribution in [0.25, 0.3) is 10.9 Å². The zero-order valence-corrected chi connectivity index (χ0v) is 19.0. The number of hydrogen-bond acceptors (Lipinski definition) is 5. The lowest BCUT2D eigenvalue weighted by molar-refractivity contribution is 0.627. The highest BCUT2D eigenvalue weighted by molar-refractivity contribution is 6.30. The molecule has 1 aliphatic rings. The van der Waals surface area contributed by atoms with Gasteiger partial charge in [0.2, 0.25) is 5.95 Å². The Morgan fingerprint density at radius 3 is 2.36 bits per heavy atom. The molecule has 1 fully saturated rings. The monoisotopic (exact) mass is 461 g/mol. The van der Waals surface area contributed by atoms with E-state index < -0.39 is 0 Å². The average Bonchev–Trinajstić information content (AvgIpc) is 3.10.